The summed E-state index contributed by atoms with van der Waals surface area (Å²) in [5.74, 6) is 0.206. The maximum atomic E-state index is 12.8. The summed E-state index contributed by atoms with van der Waals surface area (Å²) in [5, 5.41) is 0. The topological polar surface area (TPSA) is 20.3 Å². The Morgan fingerprint density at radius 3 is 2.95 bits per heavy atom. The lowest BCUT2D eigenvalue weighted by atomic mass is 9.96. The van der Waals surface area contributed by atoms with Gasteiger partial charge in [0.15, 0.2) is 0 Å². The third kappa shape index (κ3) is 3.19. The van der Waals surface area contributed by atoms with Crippen LogP contribution in [-0.2, 0) is 0 Å². The molecule has 1 aromatic rings. The summed E-state index contributed by atoms with van der Waals surface area (Å²) in [6, 6.07) is 6.32. The molecule has 1 aliphatic rings. The number of nitrogens with zero attached hydrogens (tertiary/aromatic N) is 1. The Bertz CT molecular complexity index is 456. The highest BCUT2D eigenvalue weighted by Gasteiger charge is 2.27. The largest absolute Gasteiger partial charge is 0.336 e. The van der Waals surface area contributed by atoms with Gasteiger partial charge in [-0.15, -0.1) is 0 Å². The number of carbonyl (C=O) groups excluding carboxylic acids is 1. The lowest BCUT2D eigenvalue weighted by Gasteiger charge is -2.36. The molecule has 0 aliphatic carbocycles. The number of hydrogen-bond acceptors (Lipinski definition) is 1. The summed E-state index contributed by atoms with van der Waals surface area (Å²) < 4.78 is 1.02. The van der Waals surface area contributed by atoms with Crippen molar-refractivity contribution in [3.63, 3.8) is 0 Å². The molecule has 104 valence electrons. The van der Waals surface area contributed by atoms with E-state index in [9.17, 15) is 4.79 Å². The third-order valence-electron chi connectivity index (χ3n) is 4.01. The second-order valence-electron chi connectivity index (χ2n) is 5.35. The van der Waals surface area contributed by atoms with Gasteiger partial charge in [0.25, 0.3) is 5.91 Å². The van der Waals surface area contributed by atoms with Crippen LogP contribution in [0.3, 0.4) is 0 Å². The minimum absolute atomic E-state index is 0.206. The summed E-state index contributed by atoms with van der Waals surface area (Å²) in [4.78, 5) is 14.9. The van der Waals surface area contributed by atoms with Crippen molar-refractivity contribution in [2.75, 3.05) is 6.54 Å². The zero-order valence-corrected chi connectivity index (χ0v) is 13.4. The lowest BCUT2D eigenvalue weighted by molar-refractivity contribution is 0.0600. The van der Waals surface area contributed by atoms with E-state index < -0.39 is 0 Å². The van der Waals surface area contributed by atoms with Crippen LogP contribution in [0.4, 0.5) is 0 Å². The molecule has 19 heavy (non-hydrogen) atoms. The molecule has 0 bridgehead atoms. The molecule has 0 saturated carbocycles. The molecule has 0 aromatic heterocycles. The molecule has 1 amide bonds. The molecule has 1 atom stereocenters. The average Bonchev–Trinajstić information content (AvgIpc) is 2.42. The lowest BCUT2D eigenvalue weighted by Crippen LogP contribution is -2.43. The number of hydrogen-bond donors (Lipinski definition) is 0. The fourth-order valence-corrected chi connectivity index (χ4v) is 3.26. The van der Waals surface area contributed by atoms with Gasteiger partial charge in [0.1, 0.15) is 0 Å². The number of likely N-dealkylation sites (tertiary alicyclic amines) is 1. The van der Waals surface area contributed by atoms with Crippen molar-refractivity contribution in [2.24, 2.45) is 0 Å². The van der Waals surface area contributed by atoms with Crippen molar-refractivity contribution < 1.29 is 4.79 Å². The van der Waals surface area contributed by atoms with Gasteiger partial charge >= 0.3 is 0 Å². The first-order valence-electron chi connectivity index (χ1n) is 7.21. The maximum absolute atomic E-state index is 12.8. The minimum Gasteiger partial charge on any atom is -0.336 e. The van der Waals surface area contributed by atoms with Gasteiger partial charge in [-0.1, -0.05) is 35.3 Å². The molecule has 2 rings (SSSR count). The fourth-order valence-electron chi connectivity index (χ4n) is 2.90. The molecular weight excluding hydrogens is 302 g/mol. The summed E-state index contributed by atoms with van der Waals surface area (Å²) in [6.07, 6.45) is 5.82. The summed E-state index contributed by atoms with van der Waals surface area (Å²) in [6.45, 7) is 5.12. The number of amides is 1. The molecule has 1 aromatic carbocycles. The van der Waals surface area contributed by atoms with Crippen LogP contribution >= 0.6 is 15.9 Å². The van der Waals surface area contributed by atoms with E-state index >= 15 is 0 Å². The van der Waals surface area contributed by atoms with Crippen LogP contribution in [-0.4, -0.2) is 23.4 Å². The van der Waals surface area contributed by atoms with Crippen molar-refractivity contribution in [1.29, 1.82) is 0 Å². The zero-order chi connectivity index (χ0) is 13.8. The van der Waals surface area contributed by atoms with E-state index in [0.29, 0.717) is 6.04 Å². The van der Waals surface area contributed by atoms with Crippen LogP contribution in [0.2, 0.25) is 0 Å². The second kappa shape index (κ2) is 6.56. The Balaban J connectivity index is 2.23. The average molecular weight is 324 g/mol. The first-order chi connectivity index (χ1) is 9.15. The zero-order valence-electron chi connectivity index (χ0n) is 11.8. The summed E-state index contributed by atoms with van der Waals surface area (Å²) >= 11 is 3.51. The van der Waals surface area contributed by atoms with Gasteiger partial charge < -0.3 is 4.90 Å². The molecule has 0 N–H and O–H groups in total. The fraction of sp³-hybridized carbons (Fsp3) is 0.562. The van der Waals surface area contributed by atoms with Crippen LogP contribution in [0.1, 0.15) is 54.9 Å². The smallest absolute Gasteiger partial charge is 0.254 e. The number of rotatable bonds is 3. The van der Waals surface area contributed by atoms with Gasteiger partial charge in [-0.25, -0.2) is 0 Å². The van der Waals surface area contributed by atoms with Crippen LogP contribution in [0.15, 0.2) is 22.7 Å². The van der Waals surface area contributed by atoms with Gasteiger partial charge in [-0.05, 0) is 50.3 Å². The molecule has 1 saturated heterocycles. The number of halogens is 1. The molecule has 2 nitrogen and oxygen atoms in total. The highest BCUT2D eigenvalue weighted by atomic mass is 79.9. The van der Waals surface area contributed by atoms with Crippen LogP contribution in [0.25, 0.3) is 0 Å². The molecule has 1 fully saturated rings. The van der Waals surface area contributed by atoms with E-state index in [1.165, 1.54) is 6.42 Å². The summed E-state index contributed by atoms with van der Waals surface area (Å²) in [7, 11) is 0. The molecule has 1 heterocycles. The van der Waals surface area contributed by atoms with E-state index in [1.54, 1.807) is 0 Å². The molecule has 1 unspecified atom stereocenters. The molecule has 0 spiro atoms. The summed E-state index contributed by atoms with van der Waals surface area (Å²) in [5.41, 5.74) is 1.89. The Hall–Kier alpha value is -0.830. The van der Waals surface area contributed by atoms with Gasteiger partial charge in [-0.3, -0.25) is 4.79 Å². The highest BCUT2D eigenvalue weighted by molar-refractivity contribution is 9.10. The van der Waals surface area contributed by atoms with E-state index in [4.69, 9.17) is 0 Å². The van der Waals surface area contributed by atoms with E-state index in [-0.39, 0.29) is 5.91 Å². The first-order valence-corrected chi connectivity index (χ1v) is 8.00. The van der Waals surface area contributed by atoms with Crippen molar-refractivity contribution in [2.45, 2.75) is 52.0 Å². The second-order valence-corrected chi connectivity index (χ2v) is 6.20. The number of carbonyl (C=O) groups is 1. The van der Waals surface area contributed by atoms with E-state index in [2.05, 4.69) is 27.8 Å². The van der Waals surface area contributed by atoms with Gasteiger partial charge in [0, 0.05) is 22.6 Å². The van der Waals surface area contributed by atoms with Crippen LogP contribution in [0, 0.1) is 6.92 Å². The Kier molecular flexibility index (Phi) is 5.03. The van der Waals surface area contributed by atoms with Crippen LogP contribution in [0.5, 0.6) is 0 Å². The molecule has 0 radical (unpaired) electrons. The van der Waals surface area contributed by atoms with Crippen molar-refractivity contribution in [1.82, 2.24) is 4.90 Å². The third-order valence-corrected chi connectivity index (χ3v) is 4.87. The number of piperidine rings is 1. The first kappa shape index (κ1) is 14.6. The SMILES string of the molecule is CCCC1CCCCN1C(=O)c1cccc(Br)c1C. The normalized spacial score (nSPS) is 19.5. The maximum Gasteiger partial charge on any atom is 0.254 e. The van der Waals surface area contributed by atoms with Crippen molar-refractivity contribution >= 4 is 21.8 Å². The minimum atomic E-state index is 0.206. The quantitative estimate of drug-likeness (QED) is 0.798. The standard InChI is InChI=1S/C16H22BrNO/c1-3-7-13-8-4-5-11-18(13)16(19)14-9-6-10-15(17)12(14)2/h6,9-10,13H,3-5,7-8,11H2,1-2H3. The van der Waals surface area contributed by atoms with E-state index in [1.807, 2.05) is 25.1 Å². The molecule has 1 aliphatic heterocycles. The van der Waals surface area contributed by atoms with Gasteiger partial charge in [0.05, 0.1) is 0 Å². The van der Waals surface area contributed by atoms with Gasteiger partial charge in [-0.2, -0.15) is 0 Å². The van der Waals surface area contributed by atoms with Crippen molar-refractivity contribution in [3.05, 3.63) is 33.8 Å². The predicted molar refractivity (Wildman–Crippen MR) is 82.5 cm³/mol. The van der Waals surface area contributed by atoms with Crippen LogP contribution < -0.4 is 0 Å². The Labute approximate surface area is 124 Å². The number of benzene rings is 1. The molecule has 3 heteroatoms. The Morgan fingerprint density at radius 2 is 2.21 bits per heavy atom. The van der Waals surface area contributed by atoms with Crippen molar-refractivity contribution in [3.8, 4) is 0 Å². The van der Waals surface area contributed by atoms with E-state index in [0.717, 1.165) is 47.8 Å². The monoisotopic (exact) mass is 323 g/mol. The predicted octanol–water partition coefficient (Wildman–Crippen LogP) is 4.55. The molecular formula is C16H22BrNO. The highest BCUT2D eigenvalue weighted by Crippen LogP contribution is 2.26. The Morgan fingerprint density at radius 1 is 1.42 bits per heavy atom. The van der Waals surface area contributed by atoms with Gasteiger partial charge in [0.2, 0.25) is 0 Å².